The van der Waals surface area contributed by atoms with Crippen LogP contribution in [0.3, 0.4) is 0 Å². The maximum absolute atomic E-state index is 13.5. The van der Waals surface area contributed by atoms with Crippen molar-refractivity contribution in [1.82, 2.24) is 0 Å². The number of hydrogen-bond donors (Lipinski definition) is 1. The molecule has 0 aromatic heterocycles. The predicted octanol–water partition coefficient (Wildman–Crippen LogP) is 5.52. The number of aryl methyl sites for hydroxylation is 1. The molecular weight excluding hydrogens is 400 g/mol. The van der Waals surface area contributed by atoms with E-state index in [2.05, 4.69) is 19.2 Å². The van der Waals surface area contributed by atoms with Gasteiger partial charge in [0.15, 0.2) is 0 Å². The third-order valence-corrected chi connectivity index (χ3v) is 5.60. The number of ether oxygens (including phenoxy) is 1. The molecule has 0 unspecified atom stereocenters. The van der Waals surface area contributed by atoms with E-state index in [0.717, 1.165) is 11.3 Å². The number of nitrogens with one attached hydrogen (secondary N) is 1. The van der Waals surface area contributed by atoms with Gasteiger partial charge in [0.1, 0.15) is 11.4 Å². The van der Waals surface area contributed by atoms with Crippen LogP contribution in [-0.4, -0.2) is 18.9 Å². The first kappa shape index (κ1) is 21.4. The molecule has 0 atom stereocenters. The standard InChI is InChI=1S/C27H26N2O3/c1-17(2)19-7-11-21(12-8-19)28-25-24(20-9-15-23(32-4)16-10-20)26(30)29(27(25)31)22-13-5-18(3)6-14-22/h5-17,28H,1-4H3. The van der Waals surface area contributed by atoms with Gasteiger partial charge in [-0.2, -0.15) is 0 Å². The molecule has 3 aromatic carbocycles. The Morgan fingerprint density at radius 3 is 2.00 bits per heavy atom. The number of carbonyl (C=O) groups excluding carboxylic acids is 2. The zero-order chi connectivity index (χ0) is 22.8. The first-order chi connectivity index (χ1) is 15.4. The number of hydrogen-bond acceptors (Lipinski definition) is 4. The van der Waals surface area contributed by atoms with Crippen molar-refractivity contribution < 1.29 is 14.3 Å². The van der Waals surface area contributed by atoms with Gasteiger partial charge in [0.05, 0.1) is 18.4 Å². The molecule has 0 bridgehead atoms. The molecular formula is C27H26N2O3. The number of rotatable bonds is 6. The van der Waals surface area contributed by atoms with Crippen molar-refractivity contribution in [3.8, 4) is 5.75 Å². The molecule has 0 aliphatic carbocycles. The number of anilines is 2. The summed E-state index contributed by atoms with van der Waals surface area (Å²) in [4.78, 5) is 28.1. The van der Waals surface area contributed by atoms with Crippen LogP contribution in [0.1, 0.15) is 36.5 Å². The second-order valence-corrected chi connectivity index (χ2v) is 8.16. The molecule has 0 saturated carbocycles. The fraction of sp³-hybridized carbons (Fsp3) is 0.185. The van der Waals surface area contributed by atoms with E-state index >= 15 is 0 Å². The van der Waals surface area contributed by atoms with Crippen LogP contribution >= 0.6 is 0 Å². The topological polar surface area (TPSA) is 58.6 Å². The average molecular weight is 427 g/mol. The Balaban J connectivity index is 1.77. The van der Waals surface area contributed by atoms with Crippen LogP contribution < -0.4 is 15.0 Å². The van der Waals surface area contributed by atoms with Crippen molar-refractivity contribution in [1.29, 1.82) is 0 Å². The fourth-order valence-corrected chi connectivity index (χ4v) is 3.70. The van der Waals surface area contributed by atoms with E-state index < -0.39 is 0 Å². The van der Waals surface area contributed by atoms with Gasteiger partial charge in [0.2, 0.25) is 0 Å². The van der Waals surface area contributed by atoms with E-state index in [1.165, 1.54) is 10.5 Å². The molecule has 0 spiro atoms. The second kappa shape index (κ2) is 8.71. The normalized spacial score (nSPS) is 13.8. The van der Waals surface area contributed by atoms with E-state index in [1.807, 2.05) is 43.3 Å². The highest BCUT2D eigenvalue weighted by molar-refractivity contribution is 6.46. The van der Waals surface area contributed by atoms with Gasteiger partial charge in [0.25, 0.3) is 11.8 Å². The molecule has 0 radical (unpaired) electrons. The summed E-state index contributed by atoms with van der Waals surface area (Å²) in [6, 6.07) is 22.4. The van der Waals surface area contributed by atoms with E-state index in [0.29, 0.717) is 28.5 Å². The van der Waals surface area contributed by atoms with Crippen LogP contribution in [-0.2, 0) is 9.59 Å². The van der Waals surface area contributed by atoms with Gasteiger partial charge >= 0.3 is 0 Å². The molecule has 5 heteroatoms. The Morgan fingerprint density at radius 2 is 1.44 bits per heavy atom. The summed E-state index contributed by atoms with van der Waals surface area (Å²) in [5, 5.41) is 3.21. The summed E-state index contributed by atoms with van der Waals surface area (Å²) in [6.45, 7) is 6.23. The smallest absolute Gasteiger partial charge is 0.282 e. The quantitative estimate of drug-likeness (QED) is 0.527. The van der Waals surface area contributed by atoms with E-state index in [9.17, 15) is 9.59 Å². The summed E-state index contributed by atoms with van der Waals surface area (Å²) in [5.74, 6) is 0.355. The lowest BCUT2D eigenvalue weighted by atomic mass is 10.0. The minimum absolute atomic E-state index is 0.262. The van der Waals surface area contributed by atoms with Crippen LogP contribution in [0.25, 0.3) is 5.57 Å². The van der Waals surface area contributed by atoms with Gasteiger partial charge < -0.3 is 10.1 Å². The summed E-state index contributed by atoms with van der Waals surface area (Å²) in [7, 11) is 1.59. The lowest BCUT2D eigenvalue weighted by molar-refractivity contribution is -0.120. The maximum Gasteiger partial charge on any atom is 0.282 e. The van der Waals surface area contributed by atoms with Crippen molar-refractivity contribution in [3.63, 3.8) is 0 Å². The summed E-state index contributed by atoms with van der Waals surface area (Å²) < 4.78 is 5.24. The number of methoxy groups -OCH3 is 1. The highest BCUT2D eigenvalue weighted by atomic mass is 16.5. The summed E-state index contributed by atoms with van der Waals surface area (Å²) in [5.41, 5.74) is 4.81. The zero-order valence-corrected chi connectivity index (χ0v) is 18.7. The molecule has 1 N–H and O–H groups in total. The molecule has 4 rings (SSSR count). The largest absolute Gasteiger partial charge is 0.497 e. The number of carbonyl (C=O) groups is 2. The first-order valence-electron chi connectivity index (χ1n) is 10.6. The van der Waals surface area contributed by atoms with Gasteiger partial charge in [-0.15, -0.1) is 0 Å². The van der Waals surface area contributed by atoms with Crippen LogP contribution in [0.5, 0.6) is 5.75 Å². The van der Waals surface area contributed by atoms with E-state index in [1.54, 1.807) is 43.5 Å². The van der Waals surface area contributed by atoms with E-state index in [-0.39, 0.29) is 17.5 Å². The van der Waals surface area contributed by atoms with Crippen LogP contribution in [0.4, 0.5) is 11.4 Å². The molecule has 1 aliphatic heterocycles. The minimum Gasteiger partial charge on any atom is -0.497 e. The lowest BCUT2D eigenvalue weighted by Gasteiger charge is -2.16. The third kappa shape index (κ3) is 4.02. The molecule has 3 aromatic rings. The SMILES string of the molecule is COc1ccc(C2=C(Nc3ccc(C(C)C)cc3)C(=O)N(c3ccc(C)cc3)C2=O)cc1. The molecule has 1 aliphatic rings. The lowest BCUT2D eigenvalue weighted by Crippen LogP contribution is -2.32. The van der Waals surface area contributed by atoms with Crippen molar-refractivity contribution in [2.45, 2.75) is 26.7 Å². The first-order valence-corrected chi connectivity index (χ1v) is 10.6. The second-order valence-electron chi connectivity index (χ2n) is 8.16. The molecule has 5 nitrogen and oxygen atoms in total. The Hall–Kier alpha value is -3.86. The Labute approximate surface area is 188 Å². The number of amides is 2. The third-order valence-electron chi connectivity index (χ3n) is 5.60. The summed E-state index contributed by atoms with van der Waals surface area (Å²) >= 11 is 0. The molecule has 0 fully saturated rings. The average Bonchev–Trinajstić information content (AvgIpc) is 3.04. The molecule has 32 heavy (non-hydrogen) atoms. The number of benzene rings is 3. The van der Waals surface area contributed by atoms with Crippen LogP contribution in [0.15, 0.2) is 78.5 Å². The Kier molecular flexibility index (Phi) is 5.82. The Bertz CT molecular complexity index is 1180. The highest BCUT2D eigenvalue weighted by Crippen LogP contribution is 2.34. The summed E-state index contributed by atoms with van der Waals surface area (Å²) in [6.07, 6.45) is 0. The van der Waals surface area contributed by atoms with Crippen molar-refractivity contribution in [2.75, 3.05) is 17.3 Å². The van der Waals surface area contributed by atoms with Gasteiger partial charge in [-0.1, -0.05) is 55.8 Å². The van der Waals surface area contributed by atoms with Crippen LogP contribution in [0.2, 0.25) is 0 Å². The zero-order valence-electron chi connectivity index (χ0n) is 18.7. The molecule has 2 amide bonds. The highest BCUT2D eigenvalue weighted by Gasteiger charge is 2.40. The monoisotopic (exact) mass is 426 g/mol. The van der Waals surface area contributed by atoms with Gasteiger partial charge in [-0.25, -0.2) is 4.90 Å². The number of imide groups is 1. The van der Waals surface area contributed by atoms with Crippen molar-refractivity contribution >= 4 is 28.8 Å². The van der Waals surface area contributed by atoms with Gasteiger partial charge in [-0.3, -0.25) is 9.59 Å². The maximum atomic E-state index is 13.5. The van der Waals surface area contributed by atoms with Gasteiger partial charge in [0, 0.05) is 5.69 Å². The minimum atomic E-state index is -0.377. The van der Waals surface area contributed by atoms with Crippen molar-refractivity contribution in [2.24, 2.45) is 0 Å². The van der Waals surface area contributed by atoms with E-state index in [4.69, 9.17) is 4.74 Å². The Morgan fingerprint density at radius 1 is 0.812 bits per heavy atom. The number of nitrogens with zero attached hydrogens (tertiary/aromatic N) is 1. The fourth-order valence-electron chi connectivity index (χ4n) is 3.70. The van der Waals surface area contributed by atoms with Crippen molar-refractivity contribution in [3.05, 3.63) is 95.2 Å². The van der Waals surface area contributed by atoms with Gasteiger partial charge in [-0.05, 0) is 60.4 Å². The molecule has 0 saturated heterocycles. The molecule has 1 heterocycles. The predicted molar refractivity (Wildman–Crippen MR) is 128 cm³/mol. The van der Waals surface area contributed by atoms with Crippen LogP contribution in [0, 0.1) is 6.92 Å². The molecule has 162 valence electrons.